The van der Waals surface area contributed by atoms with Gasteiger partial charge in [0.05, 0.1) is 11.9 Å². The highest BCUT2D eigenvalue weighted by Gasteiger charge is 2.17. The molecule has 0 bridgehead atoms. The number of hydrogen-bond acceptors (Lipinski definition) is 5. The quantitative estimate of drug-likeness (QED) is 0.643. The van der Waals surface area contributed by atoms with Crippen molar-refractivity contribution in [2.24, 2.45) is 0 Å². The maximum atomic E-state index is 13.2. The van der Waals surface area contributed by atoms with E-state index in [1.165, 1.54) is 35.7 Å². The van der Waals surface area contributed by atoms with Crippen LogP contribution in [0.5, 0.6) is 0 Å². The fraction of sp³-hybridized carbons (Fsp3) is 0.118. The molecule has 26 heavy (non-hydrogen) atoms. The standard InChI is InChI=1S/C17H15F2N3O2S2/c1-2-13-5-8-17(25-13)26(23,24)22-12-4-7-16(20-10-12)21-11-3-6-14(18)15(19)9-11/h3-10,22H,2H2,1H3,(H,20,21). The first-order valence-electron chi connectivity index (χ1n) is 7.67. The molecule has 3 aromatic rings. The topological polar surface area (TPSA) is 71.1 Å². The Morgan fingerprint density at radius 3 is 2.42 bits per heavy atom. The third kappa shape index (κ3) is 4.17. The van der Waals surface area contributed by atoms with Gasteiger partial charge in [0.2, 0.25) is 0 Å². The van der Waals surface area contributed by atoms with Crippen molar-refractivity contribution in [1.82, 2.24) is 4.98 Å². The number of thiophene rings is 1. The summed E-state index contributed by atoms with van der Waals surface area (Å²) in [6.45, 7) is 1.96. The fourth-order valence-electron chi connectivity index (χ4n) is 2.15. The highest BCUT2D eigenvalue weighted by Crippen LogP contribution is 2.25. The van der Waals surface area contributed by atoms with Crippen molar-refractivity contribution in [3.63, 3.8) is 0 Å². The number of nitrogens with zero attached hydrogens (tertiary/aromatic N) is 1. The van der Waals surface area contributed by atoms with Crippen LogP contribution in [0.2, 0.25) is 0 Å². The van der Waals surface area contributed by atoms with Gasteiger partial charge in [-0.3, -0.25) is 4.72 Å². The molecule has 3 rings (SSSR count). The highest BCUT2D eigenvalue weighted by molar-refractivity contribution is 7.94. The molecule has 2 heterocycles. The third-order valence-electron chi connectivity index (χ3n) is 3.46. The van der Waals surface area contributed by atoms with E-state index in [9.17, 15) is 17.2 Å². The van der Waals surface area contributed by atoms with Gasteiger partial charge in [-0.2, -0.15) is 0 Å². The molecule has 0 aliphatic rings. The minimum Gasteiger partial charge on any atom is -0.340 e. The van der Waals surface area contributed by atoms with E-state index in [0.29, 0.717) is 17.2 Å². The number of sulfonamides is 1. The van der Waals surface area contributed by atoms with E-state index in [1.54, 1.807) is 12.1 Å². The van der Waals surface area contributed by atoms with Gasteiger partial charge in [0.1, 0.15) is 10.0 Å². The predicted octanol–water partition coefficient (Wildman–Crippen LogP) is 4.53. The van der Waals surface area contributed by atoms with Crippen LogP contribution < -0.4 is 10.0 Å². The Hall–Kier alpha value is -2.52. The minimum absolute atomic E-state index is 0.235. The van der Waals surface area contributed by atoms with Crippen LogP contribution in [0.4, 0.5) is 26.0 Å². The van der Waals surface area contributed by atoms with E-state index in [1.807, 2.05) is 6.92 Å². The third-order valence-corrected chi connectivity index (χ3v) is 6.56. The molecule has 136 valence electrons. The summed E-state index contributed by atoms with van der Waals surface area (Å²) in [4.78, 5) is 5.06. The van der Waals surface area contributed by atoms with Crippen molar-refractivity contribution in [2.45, 2.75) is 17.6 Å². The summed E-state index contributed by atoms with van der Waals surface area (Å²) in [5.41, 5.74) is 0.627. The maximum absolute atomic E-state index is 13.2. The van der Waals surface area contributed by atoms with Crippen molar-refractivity contribution in [3.8, 4) is 0 Å². The van der Waals surface area contributed by atoms with Crippen LogP contribution in [0.1, 0.15) is 11.8 Å². The molecular formula is C17H15F2N3O2S2. The lowest BCUT2D eigenvalue weighted by atomic mass is 10.3. The van der Waals surface area contributed by atoms with Crippen molar-refractivity contribution in [3.05, 3.63) is 65.2 Å². The van der Waals surface area contributed by atoms with Crippen molar-refractivity contribution >= 4 is 38.6 Å². The van der Waals surface area contributed by atoms with E-state index >= 15 is 0 Å². The van der Waals surface area contributed by atoms with Crippen LogP contribution in [0.15, 0.2) is 52.9 Å². The van der Waals surface area contributed by atoms with Crippen LogP contribution in [-0.4, -0.2) is 13.4 Å². The largest absolute Gasteiger partial charge is 0.340 e. The number of pyridine rings is 1. The molecule has 9 heteroatoms. The molecule has 0 fully saturated rings. The van der Waals surface area contributed by atoms with Crippen LogP contribution >= 0.6 is 11.3 Å². The monoisotopic (exact) mass is 395 g/mol. The number of anilines is 3. The Balaban J connectivity index is 1.71. The van der Waals surface area contributed by atoms with E-state index in [-0.39, 0.29) is 4.21 Å². The van der Waals surface area contributed by atoms with E-state index in [4.69, 9.17) is 0 Å². The Bertz CT molecular complexity index is 1020. The molecule has 0 saturated heterocycles. The van der Waals surface area contributed by atoms with Gasteiger partial charge in [-0.15, -0.1) is 11.3 Å². The summed E-state index contributed by atoms with van der Waals surface area (Å²) in [7, 11) is -3.67. The first-order chi connectivity index (χ1) is 12.4. The van der Waals surface area contributed by atoms with Gasteiger partial charge in [-0.05, 0) is 42.8 Å². The lowest BCUT2D eigenvalue weighted by molar-refractivity contribution is 0.509. The van der Waals surface area contributed by atoms with Crippen molar-refractivity contribution in [1.29, 1.82) is 0 Å². The Kier molecular flexibility index (Phi) is 5.19. The van der Waals surface area contributed by atoms with Gasteiger partial charge in [0.25, 0.3) is 10.0 Å². The van der Waals surface area contributed by atoms with Gasteiger partial charge in [0.15, 0.2) is 11.6 Å². The number of hydrogen-bond donors (Lipinski definition) is 2. The van der Waals surface area contributed by atoms with E-state index in [0.717, 1.165) is 23.4 Å². The zero-order valence-electron chi connectivity index (χ0n) is 13.7. The maximum Gasteiger partial charge on any atom is 0.271 e. The number of benzene rings is 1. The summed E-state index contributed by atoms with van der Waals surface area (Å²) < 4.78 is 53.5. The van der Waals surface area contributed by atoms with E-state index < -0.39 is 21.7 Å². The summed E-state index contributed by atoms with van der Waals surface area (Å²) >= 11 is 1.22. The van der Waals surface area contributed by atoms with Crippen LogP contribution in [-0.2, 0) is 16.4 Å². The molecule has 0 aliphatic heterocycles. The second-order valence-corrected chi connectivity index (χ2v) is 8.44. The van der Waals surface area contributed by atoms with Crippen LogP contribution in [0.25, 0.3) is 0 Å². The molecule has 5 nitrogen and oxygen atoms in total. The van der Waals surface area contributed by atoms with Crippen LogP contribution in [0, 0.1) is 11.6 Å². The Labute approximate surface area is 153 Å². The minimum atomic E-state index is -3.67. The first kappa shape index (κ1) is 18.3. The SMILES string of the molecule is CCc1ccc(S(=O)(=O)Nc2ccc(Nc3ccc(F)c(F)c3)nc2)s1. The van der Waals surface area contributed by atoms with Gasteiger partial charge >= 0.3 is 0 Å². The average molecular weight is 395 g/mol. The molecule has 2 N–H and O–H groups in total. The molecule has 0 radical (unpaired) electrons. The predicted molar refractivity (Wildman–Crippen MR) is 98.4 cm³/mol. The van der Waals surface area contributed by atoms with E-state index in [2.05, 4.69) is 15.0 Å². The number of aromatic nitrogens is 1. The summed E-state index contributed by atoms with van der Waals surface area (Å²) in [5.74, 6) is -1.54. The number of halogens is 2. The molecule has 0 atom stereocenters. The number of nitrogens with one attached hydrogen (secondary N) is 2. The Morgan fingerprint density at radius 1 is 1.04 bits per heavy atom. The molecule has 0 unspecified atom stereocenters. The number of aryl methyl sites for hydroxylation is 1. The molecule has 2 aromatic heterocycles. The fourth-order valence-corrected chi connectivity index (χ4v) is 4.49. The average Bonchev–Trinajstić information content (AvgIpc) is 3.10. The molecule has 0 spiro atoms. The highest BCUT2D eigenvalue weighted by atomic mass is 32.2. The normalized spacial score (nSPS) is 11.3. The molecule has 1 aromatic carbocycles. The van der Waals surface area contributed by atoms with Crippen LogP contribution in [0.3, 0.4) is 0 Å². The zero-order chi connectivity index (χ0) is 18.7. The first-order valence-corrected chi connectivity index (χ1v) is 9.97. The Morgan fingerprint density at radius 2 is 1.81 bits per heavy atom. The summed E-state index contributed by atoms with van der Waals surface area (Å²) in [5, 5.41) is 2.81. The summed E-state index contributed by atoms with van der Waals surface area (Å²) in [6.07, 6.45) is 2.11. The second kappa shape index (κ2) is 7.38. The van der Waals surface area contributed by atoms with Crippen molar-refractivity contribution < 1.29 is 17.2 Å². The zero-order valence-corrected chi connectivity index (χ0v) is 15.3. The lowest BCUT2D eigenvalue weighted by Crippen LogP contribution is -2.11. The summed E-state index contributed by atoms with van der Waals surface area (Å²) in [6, 6.07) is 9.80. The molecule has 0 amide bonds. The molecule has 0 aliphatic carbocycles. The van der Waals surface area contributed by atoms with Gasteiger partial charge in [0, 0.05) is 16.6 Å². The van der Waals surface area contributed by atoms with Gasteiger partial charge in [-0.1, -0.05) is 6.92 Å². The number of rotatable bonds is 6. The lowest BCUT2D eigenvalue weighted by Gasteiger charge is -2.08. The second-order valence-electron chi connectivity index (χ2n) is 5.37. The van der Waals surface area contributed by atoms with Gasteiger partial charge < -0.3 is 5.32 Å². The van der Waals surface area contributed by atoms with Gasteiger partial charge in [-0.25, -0.2) is 22.2 Å². The smallest absolute Gasteiger partial charge is 0.271 e. The molecular weight excluding hydrogens is 380 g/mol. The van der Waals surface area contributed by atoms with Crippen molar-refractivity contribution in [2.75, 3.05) is 10.0 Å². The molecule has 0 saturated carbocycles.